The van der Waals surface area contributed by atoms with E-state index in [-0.39, 0.29) is 16.1 Å². The quantitative estimate of drug-likeness (QED) is 0.507. The fourth-order valence-corrected chi connectivity index (χ4v) is 7.09. The van der Waals surface area contributed by atoms with Crippen LogP contribution in [0.4, 0.5) is 0 Å². The van der Waals surface area contributed by atoms with E-state index in [1.165, 1.54) is 22.5 Å². The molecule has 1 aliphatic heterocycles. The van der Waals surface area contributed by atoms with E-state index in [0.29, 0.717) is 0 Å². The van der Waals surface area contributed by atoms with E-state index in [1.54, 1.807) is 6.66 Å². The van der Waals surface area contributed by atoms with Crippen molar-refractivity contribution in [3.8, 4) is 0 Å². The lowest BCUT2D eigenvalue weighted by Gasteiger charge is -2.30. The molecule has 1 aromatic rings. The molecule has 6 heteroatoms. The van der Waals surface area contributed by atoms with Crippen LogP contribution in [-0.4, -0.2) is 23.8 Å². The number of hydrogen-bond acceptors (Lipinski definition) is 5. The Hall–Kier alpha value is 0.460. The van der Waals surface area contributed by atoms with Gasteiger partial charge in [0.1, 0.15) is 0 Å². The first-order chi connectivity index (χ1) is 9.25. The summed E-state index contributed by atoms with van der Waals surface area (Å²) in [6.45, 7) is 5.57. The van der Waals surface area contributed by atoms with Crippen molar-refractivity contribution in [3.05, 3.63) is 35.4 Å². The molecule has 1 fully saturated rings. The molecule has 0 aliphatic carbocycles. The van der Waals surface area contributed by atoms with E-state index in [0.717, 1.165) is 0 Å². The molecule has 0 N–H and O–H groups in total. The number of rotatable bonds is 4. The molecule has 112 valence electrons. The minimum Gasteiger partial charge on any atom is -0.315 e. The average molecular weight is 348 g/mol. The van der Waals surface area contributed by atoms with Crippen LogP contribution in [0.3, 0.4) is 0 Å². The van der Waals surface area contributed by atoms with Crippen LogP contribution in [0.1, 0.15) is 30.2 Å². The molecule has 0 spiro atoms. The van der Waals surface area contributed by atoms with Crippen molar-refractivity contribution in [2.45, 2.75) is 36.9 Å². The second-order valence-corrected chi connectivity index (χ2v) is 13.8. The summed E-state index contributed by atoms with van der Waals surface area (Å²) in [6.07, 6.45) is 1.81. The minimum absolute atomic E-state index is 0.0384. The standard InChI is InChI=1S/C14H21O2PS3/c1-10-6-8-11(9-7-10)12-13(14(2,3)20-19-12)16-17(4,15)18-5/h6-9,12-13H,1-5H3/t12-,13-,17?/m0/s1. The van der Waals surface area contributed by atoms with Gasteiger partial charge >= 0.3 is 0 Å². The van der Waals surface area contributed by atoms with Gasteiger partial charge < -0.3 is 4.52 Å². The van der Waals surface area contributed by atoms with Crippen molar-refractivity contribution in [2.24, 2.45) is 0 Å². The average Bonchev–Trinajstić information content (AvgIpc) is 2.66. The van der Waals surface area contributed by atoms with Crippen LogP contribution in [0.2, 0.25) is 0 Å². The van der Waals surface area contributed by atoms with Crippen molar-refractivity contribution in [1.29, 1.82) is 0 Å². The van der Waals surface area contributed by atoms with Crippen LogP contribution < -0.4 is 0 Å². The first-order valence-corrected chi connectivity index (χ1v) is 12.6. The lowest BCUT2D eigenvalue weighted by atomic mass is 9.97. The van der Waals surface area contributed by atoms with Gasteiger partial charge in [0, 0.05) is 11.4 Å². The summed E-state index contributed by atoms with van der Waals surface area (Å²) in [7, 11) is 3.66. The predicted molar refractivity (Wildman–Crippen MR) is 95.1 cm³/mol. The van der Waals surface area contributed by atoms with Crippen LogP contribution in [0.5, 0.6) is 0 Å². The lowest BCUT2D eigenvalue weighted by molar-refractivity contribution is 0.180. The highest BCUT2D eigenvalue weighted by molar-refractivity contribution is 8.77. The van der Waals surface area contributed by atoms with Gasteiger partial charge in [-0.25, -0.2) is 0 Å². The van der Waals surface area contributed by atoms with Gasteiger partial charge in [0.15, 0.2) is 0 Å². The van der Waals surface area contributed by atoms with Gasteiger partial charge in [-0.2, -0.15) is 0 Å². The summed E-state index contributed by atoms with van der Waals surface area (Å²) in [6, 6.07) is 8.57. The summed E-state index contributed by atoms with van der Waals surface area (Å²) in [5, 5.41) is 0.232. The molecule has 2 nitrogen and oxygen atoms in total. The first kappa shape index (κ1) is 16.8. The van der Waals surface area contributed by atoms with E-state index in [4.69, 9.17) is 4.52 Å². The third-order valence-electron chi connectivity index (χ3n) is 3.37. The number of aryl methyl sites for hydroxylation is 1. The van der Waals surface area contributed by atoms with E-state index >= 15 is 0 Å². The molecule has 2 rings (SSSR count). The Balaban J connectivity index is 2.28. The smallest absolute Gasteiger partial charge is 0.254 e. The molecule has 0 amide bonds. The van der Waals surface area contributed by atoms with E-state index in [2.05, 4.69) is 45.0 Å². The second kappa shape index (κ2) is 6.29. The summed E-state index contributed by atoms with van der Waals surface area (Å²) in [5.41, 5.74) is 2.51. The van der Waals surface area contributed by atoms with Gasteiger partial charge in [0.05, 0.1) is 11.4 Å². The minimum atomic E-state index is -2.58. The number of hydrogen-bond donors (Lipinski definition) is 0. The first-order valence-electron chi connectivity index (χ1n) is 6.48. The Labute approximate surface area is 133 Å². The molecule has 1 unspecified atom stereocenters. The van der Waals surface area contributed by atoms with Gasteiger partial charge in [-0.1, -0.05) is 62.8 Å². The highest BCUT2D eigenvalue weighted by atomic mass is 33.1. The molecule has 3 atom stereocenters. The summed E-state index contributed by atoms with van der Waals surface area (Å²) in [5.74, 6) is 0. The molecule has 1 aromatic carbocycles. The molecule has 0 aromatic heterocycles. The summed E-state index contributed by atoms with van der Waals surface area (Å²) >= 11 is 1.33. The van der Waals surface area contributed by atoms with Crippen LogP contribution >= 0.6 is 39.5 Å². The van der Waals surface area contributed by atoms with Crippen LogP contribution in [0, 0.1) is 6.92 Å². The Morgan fingerprint density at radius 1 is 1.30 bits per heavy atom. The highest BCUT2D eigenvalue weighted by Gasteiger charge is 2.47. The maximum Gasteiger partial charge on any atom is 0.254 e. The third-order valence-corrected chi connectivity index (χ3v) is 10.6. The van der Waals surface area contributed by atoms with Crippen LogP contribution in [0.15, 0.2) is 24.3 Å². The van der Waals surface area contributed by atoms with Gasteiger partial charge in [-0.3, -0.25) is 4.57 Å². The van der Waals surface area contributed by atoms with Gasteiger partial charge in [0.2, 0.25) is 0 Å². The monoisotopic (exact) mass is 348 g/mol. The molecular formula is C14H21O2PS3. The molecule has 0 radical (unpaired) electrons. The Morgan fingerprint density at radius 3 is 2.45 bits per heavy atom. The molecule has 20 heavy (non-hydrogen) atoms. The lowest BCUT2D eigenvalue weighted by Crippen LogP contribution is -2.33. The fourth-order valence-electron chi connectivity index (χ4n) is 2.06. The normalized spacial score (nSPS) is 28.2. The van der Waals surface area contributed by atoms with Crippen molar-refractivity contribution in [1.82, 2.24) is 0 Å². The topological polar surface area (TPSA) is 26.3 Å². The zero-order valence-electron chi connectivity index (χ0n) is 12.5. The molecule has 0 bridgehead atoms. The van der Waals surface area contributed by atoms with E-state index < -0.39 is 6.57 Å². The predicted octanol–water partition coefficient (Wildman–Crippen LogP) is 5.78. The second-order valence-electron chi connectivity index (χ2n) is 5.59. The molecular weight excluding hydrogens is 327 g/mol. The number of benzene rings is 1. The Kier molecular flexibility index (Phi) is 5.29. The zero-order chi connectivity index (χ0) is 15.0. The fraction of sp³-hybridized carbons (Fsp3) is 0.571. The molecule has 1 saturated heterocycles. The van der Waals surface area contributed by atoms with Crippen molar-refractivity contribution < 1.29 is 9.09 Å². The SMILES string of the molecule is CSP(C)(=O)O[C@H]1[C@H](c2ccc(C)cc2)SSC1(C)C. The maximum absolute atomic E-state index is 12.4. The largest absolute Gasteiger partial charge is 0.315 e. The maximum atomic E-state index is 12.4. The van der Waals surface area contributed by atoms with Crippen molar-refractivity contribution >= 4 is 39.5 Å². The van der Waals surface area contributed by atoms with E-state index in [9.17, 15) is 4.57 Å². The third kappa shape index (κ3) is 3.80. The zero-order valence-corrected chi connectivity index (χ0v) is 15.8. The molecule has 1 heterocycles. The Morgan fingerprint density at radius 2 is 1.90 bits per heavy atom. The Bertz CT molecular complexity index is 516. The van der Waals surface area contributed by atoms with Crippen molar-refractivity contribution in [3.63, 3.8) is 0 Å². The van der Waals surface area contributed by atoms with Gasteiger partial charge in [-0.05, 0) is 32.6 Å². The summed E-state index contributed by atoms with van der Waals surface area (Å²) < 4.78 is 18.4. The van der Waals surface area contributed by atoms with E-state index in [1.807, 2.05) is 27.8 Å². The van der Waals surface area contributed by atoms with Crippen LogP contribution in [0.25, 0.3) is 0 Å². The van der Waals surface area contributed by atoms with Crippen molar-refractivity contribution in [2.75, 3.05) is 12.9 Å². The van der Waals surface area contributed by atoms with Gasteiger partial charge in [-0.15, -0.1) is 0 Å². The van der Waals surface area contributed by atoms with Gasteiger partial charge in [0.25, 0.3) is 6.57 Å². The summed E-state index contributed by atoms with van der Waals surface area (Å²) in [4.78, 5) is 0. The van der Waals surface area contributed by atoms with Crippen LogP contribution in [-0.2, 0) is 9.09 Å². The molecule has 1 aliphatic rings. The molecule has 0 saturated carbocycles. The highest BCUT2D eigenvalue weighted by Crippen LogP contribution is 2.65.